The average Bonchev–Trinajstić information content (AvgIpc) is 3.33. The minimum absolute atomic E-state index is 0.0110. The average molecular weight is 376 g/mol. The van der Waals surface area contributed by atoms with Crippen molar-refractivity contribution >= 4 is 34.3 Å². The van der Waals surface area contributed by atoms with E-state index in [1.807, 2.05) is 24.3 Å². The van der Waals surface area contributed by atoms with E-state index in [1.54, 1.807) is 42.3 Å². The van der Waals surface area contributed by atoms with Crippen LogP contribution < -0.4 is 4.90 Å². The molecule has 1 aliphatic heterocycles. The predicted octanol–water partition coefficient (Wildman–Crippen LogP) is 3.72. The molecule has 0 aliphatic carbocycles. The summed E-state index contributed by atoms with van der Waals surface area (Å²) in [6.45, 7) is 2.14. The number of carbonyl (C=O) groups is 3. The molecule has 6 heteroatoms. The fraction of sp³-hybridized carbons (Fsp3) is 0.227. The van der Waals surface area contributed by atoms with Gasteiger partial charge in [-0.05, 0) is 31.5 Å². The van der Waals surface area contributed by atoms with Crippen LogP contribution in [0.4, 0.5) is 5.69 Å². The third kappa shape index (κ3) is 3.17. The maximum absolute atomic E-state index is 12.8. The van der Waals surface area contributed by atoms with Gasteiger partial charge in [-0.3, -0.25) is 9.59 Å². The van der Waals surface area contributed by atoms with Gasteiger partial charge < -0.3 is 14.6 Å². The van der Waals surface area contributed by atoms with Crippen LogP contribution in [0.25, 0.3) is 10.9 Å². The summed E-state index contributed by atoms with van der Waals surface area (Å²) < 4.78 is 5.47. The number of H-pyrrole nitrogens is 1. The number of carbonyl (C=O) groups excluding carboxylic acids is 3. The number of amides is 1. The summed E-state index contributed by atoms with van der Waals surface area (Å²) >= 11 is 0. The maximum atomic E-state index is 12.8. The van der Waals surface area contributed by atoms with Gasteiger partial charge in [-0.15, -0.1) is 0 Å². The molecule has 1 atom stereocenters. The molecule has 1 N–H and O–H groups in total. The molecule has 0 bridgehead atoms. The normalized spacial score (nSPS) is 15.0. The van der Waals surface area contributed by atoms with Crippen LogP contribution in [0.1, 0.15) is 40.5 Å². The Hall–Kier alpha value is -3.41. The molecule has 0 spiro atoms. The van der Waals surface area contributed by atoms with Crippen molar-refractivity contribution in [3.63, 3.8) is 0 Å². The van der Waals surface area contributed by atoms with Crippen molar-refractivity contribution in [3.05, 3.63) is 65.9 Å². The lowest BCUT2D eigenvalue weighted by Crippen LogP contribution is -2.28. The molecule has 1 amide bonds. The molecule has 0 saturated carbocycles. The van der Waals surface area contributed by atoms with Gasteiger partial charge in [-0.2, -0.15) is 0 Å². The number of Topliss-reactive ketones (excluding diaryl/α,β-unsaturated/α-hetero) is 1. The molecule has 0 unspecified atom stereocenters. The Morgan fingerprint density at radius 1 is 1.07 bits per heavy atom. The van der Waals surface area contributed by atoms with E-state index in [2.05, 4.69) is 4.98 Å². The van der Waals surface area contributed by atoms with Gasteiger partial charge in [0, 0.05) is 35.6 Å². The highest BCUT2D eigenvalue weighted by atomic mass is 16.5. The van der Waals surface area contributed by atoms with Crippen molar-refractivity contribution in [3.8, 4) is 0 Å². The van der Waals surface area contributed by atoms with Crippen LogP contribution in [-0.2, 0) is 9.53 Å². The second-order valence-corrected chi connectivity index (χ2v) is 6.83. The van der Waals surface area contributed by atoms with Crippen molar-refractivity contribution in [2.75, 3.05) is 11.4 Å². The molecule has 4 rings (SSSR count). The molecule has 0 radical (unpaired) electrons. The van der Waals surface area contributed by atoms with E-state index in [-0.39, 0.29) is 17.3 Å². The van der Waals surface area contributed by atoms with Crippen molar-refractivity contribution in [1.29, 1.82) is 0 Å². The number of hydrogen-bond donors (Lipinski definition) is 1. The number of aromatic amines is 1. The van der Waals surface area contributed by atoms with Gasteiger partial charge in [-0.1, -0.05) is 30.3 Å². The van der Waals surface area contributed by atoms with Crippen molar-refractivity contribution < 1.29 is 19.1 Å². The van der Waals surface area contributed by atoms with Gasteiger partial charge >= 0.3 is 5.97 Å². The summed E-state index contributed by atoms with van der Waals surface area (Å²) in [4.78, 5) is 42.3. The fourth-order valence-corrected chi connectivity index (χ4v) is 3.56. The second kappa shape index (κ2) is 7.31. The topological polar surface area (TPSA) is 79.5 Å². The van der Waals surface area contributed by atoms with E-state index in [4.69, 9.17) is 4.74 Å². The number of ether oxygens (including phenoxy) is 1. The highest BCUT2D eigenvalue weighted by molar-refractivity contribution is 6.11. The summed E-state index contributed by atoms with van der Waals surface area (Å²) in [5.41, 5.74) is 2.15. The molecular formula is C22H20N2O4. The van der Waals surface area contributed by atoms with Crippen molar-refractivity contribution in [2.24, 2.45) is 0 Å². The van der Waals surface area contributed by atoms with Crippen LogP contribution >= 0.6 is 0 Å². The zero-order valence-electron chi connectivity index (χ0n) is 15.5. The van der Waals surface area contributed by atoms with Gasteiger partial charge in [0.1, 0.15) is 0 Å². The number of rotatable bonds is 5. The highest BCUT2D eigenvalue weighted by Crippen LogP contribution is 2.27. The quantitative estimate of drug-likeness (QED) is 0.544. The fourth-order valence-electron chi connectivity index (χ4n) is 3.56. The number of para-hydroxylation sites is 2. The molecule has 3 aromatic rings. The van der Waals surface area contributed by atoms with Crippen LogP contribution in [0.2, 0.25) is 0 Å². The number of fused-ring (bicyclic) bond motifs is 1. The van der Waals surface area contributed by atoms with Crippen LogP contribution in [0.3, 0.4) is 0 Å². The van der Waals surface area contributed by atoms with Gasteiger partial charge in [0.25, 0.3) is 0 Å². The number of benzene rings is 2. The first-order chi connectivity index (χ1) is 13.6. The summed E-state index contributed by atoms with van der Waals surface area (Å²) in [7, 11) is 0. The predicted molar refractivity (Wildman–Crippen MR) is 106 cm³/mol. The first-order valence-corrected chi connectivity index (χ1v) is 9.27. The lowest BCUT2D eigenvalue weighted by Gasteiger charge is -2.20. The van der Waals surface area contributed by atoms with Crippen molar-refractivity contribution in [2.45, 2.75) is 25.9 Å². The Balaban J connectivity index is 1.55. The van der Waals surface area contributed by atoms with Gasteiger partial charge in [0.2, 0.25) is 11.7 Å². The lowest BCUT2D eigenvalue weighted by atomic mass is 10.1. The number of ketones is 1. The van der Waals surface area contributed by atoms with Crippen LogP contribution in [-0.4, -0.2) is 35.3 Å². The smallest absolute Gasteiger partial charge is 0.340 e. The Labute approximate surface area is 162 Å². The summed E-state index contributed by atoms with van der Waals surface area (Å²) in [6.07, 6.45) is 1.92. The van der Waals surface area contributed by atoms with E-state index in [0.29, 0.717) is 24.2 Å². The summed E-state index contributed by atoms with van der Waals surface area (Å²) in [6, 6.07) is 14.3. The SMILES string of the molecule is C[C@H](OC(=O)c1ccccc1N1CCCC1=O)C(=O)c1c[nH]c2ccccc12. The molecule has 1 aliphatic rings. The molecule has 1 fully saturated rings. The molecular weight excluding hydrogens is 356 g/mol. The zero-order chi connectivity index (χ0) is 19.7. The van der Waals surface area contributed by atoms with Crippen LogP contribution in [0.15, 0.2) is 54.7 Å². The number of hydrogen-bond acceptors (Lipinski definition) is 4. The van der Waals surface area contributed by atoms with E-state index in [1.165, 1.54) is 0 Å². The van der Waals surface area contributed by atoms with Crippen LogP contribution in [0, 0.1) is 0 Å². The third-order valence-electron chi connectivity index (χ3n) is 5.00. The third-order valence-corrected chi connectivity index (χ3v) is 5.00. The number of esters is 1. The first kappa shape index (κ1) is 18.0. The first-order valence-electron chi connectivity index (χ1n) is 9.27. The maximum Gasteiger partial charge on any atom is 0.340 e. The monoisotopic (exact) mass is 376 g/mol. The summed E-state index contributed by atoms with van der Waals surface area (Å²) in [5.74, 6) is -0.903. The standard InChI is InChI=1S/C22H20N2O4/c1-14(21(26)17-13-23-18-9-4-2-7-15(17)18)28-22(27)16-8-3-5-10-19(16)24-12-6-11-20(24)25/h2-5,7-10,13-14,23H,6,11-12H2,1H3/t14-/m0/s1. The van der Waals surface area contributed by atoms with E-state index >= 15 is 0 Å². The Morgan fingerprint density at radius 2 is 1.82 bits per heavy atom. The molecule has 2 aromatic carbocycles. The zero-order valence-corrected chi connectivity index (χ0v) is 15.5. The van der Waals surface area contributed by atoms with E-state index < -0.39 is 12.1 Å². The molecule has 1 saturated heterocycles. The molecule has 6 nitrogen and oxygen atoms in total. The largest absolute Gasteiger partial charge is 0.451 e. The summed E-state index contributed by atoms with van der Waals surface area (Å²) in [5, 5.41) is 0.790. The number of aromatic nitrogens is 1. The number of anilines is 1. The Kier molecular flexibility index (Phi) is 4.69. The van der Waals surface area contributed by atoms with Gasteiger partial charge in [-0.25, -0.2) is 4.79 Å². The Bertz CT molecular complexity index is 1070. The van der Waals surface area contributed by atoms with Gasteiger partial charge in [0.05, 0.1) is 11.3 Å². The minimum Gasteiger partial charge on any atom is -0.451 e. The number of nitrogens with zero attached hydrogens (tertiary/aromatic N) is 1. The van der Waals surface area contributed by atoms with Crippen molar-refractivity contribution in [1.82, 2.24) is 4.98 Å². The number of nitrogens with one attached hydrogen (secondary N) is 1. The Morgan fingerprint density at radius 3 is 2.61 bits per heavy atom. The van der Waals surface area contributed by atoms with E-state index in [0.717, 1.165) is 17.3 Å². The van der Waals surface area contributed by atoms with Gasteiger partial charge in [0.15, 0.2) is 6.10 Å². The molecule has 28 heavy (non-hydrogen) atoms. The van der Waals surface area contributed by atoms with E-state index in [9.17, 15) is 14.4 Å². The minimum atomic E-state index is -0.950. The highest BCUT2D eigenvalue weighted by Gasteiger charge is 2.28. The lowest BCUT2D eigenvalue weighted by molar-refractivity contribution is -0.117. The second-order valence-electron chi connectivity index (χ2n) is 6.83. The molecule has 142 valence electrons. The molecule has 1 aromatic heterocycles. The van der Waals surface area contributed by atoms with Crippen LogP contribution in [0.5, 0.6) is 0 Å². The molecule has 2 heterocycles.